The van der Waals surface area contributed by atoms with Crippen LogP contribution in [0.25, 0.3) is 0 Å². The SMILES string of the molecule is CC1(C(=O)O)CCCN1C(=O)Cc1ccc([N+](=O)[O-])cc1Br. The molecule has 7 nitrogen and oxygen atoms in total. The number of likely N-dealkylation sites (tertiary alicyclic amines) is 1. The lowest BCUT2D eigenvalue weighted by molar-refractivity contribution is -0.384. The zero-order valence-corrected chi connectivity index (χ0v) is 13.5. The number of hydrogen-bond acceptors (Lipinski definition) is 4. The van der Waals surface area contributed by atoms with E-state index in [1.807, 2.05) is 0 Å². The molecular formula is C14H15BrN2O5. The highest BCUT2D eigenvalue weighted by molar-refractivity contribution is 9.10. The lowest BCUT2D eigenvalue weighted by atomic mass is 9.98. The monoisotopic (exact) mass is 370 g/mol. The van der Waals surface area contributed by atoms with Crippen molar-refractivity contribution in [2.24, 2.45) is 0 Å². The quantitative estimate of drug-likeness (QED) is 0.647. The number of nitro benzene ring substituents is 1. The van der Waals surface area contributed by atoms with Crippen molar-refractivity contribution < 1.29 is 19.6 Å². The van der Waals surface area contributed by atoms with Gasteiger partial charge in [0, 0.05) is 23.2 Å². The fraction of sp³-hybridized carbons (Fsp3) is 0.429. The van der Waals surface area contributed by atoms with Gasteiger partial charge < -0.3 is 10.0 Å². The van der Waals surface area contributed by atoms with Crippen molar-refractivity contribution in [1.82, 2.24) is 4.90 Å². The maximum absolute atomic E-state index is 12.4. The number of carboxylic acids is 1. The lowest BCUT2D eigenvalue weighted by Crippen LogP contribution is -2.51. The summed E-state index contributed by atoms with van der Waals surface area (Å²) in [6, 6.07) is 4.17. The van der Waals surface area contributed by atoms with Gasteiger partial charge in [0.05, 0.1) is 11.3 Å². The second kappa shape index (κ2) is 6.04. The number of halogens is 1. The number of hydrogen-bond donors (Lipinski definition) is 1. The van der Waals surface area contributed by atoms with Crippen LogP contribution in [0, 0.1) is 10.1 Å². The Hall–Kier alpha value is -1.96. The average molecular weight is 371 g/mol. The van der Waals surface area contributed by atoms with Crippen LogP contribution < -0.4 is 0 Å². The minimum Gasteiger partial charge on any atom is -0.480 e. The van der Waals surface area contributed by atoms with E-state index in [1.54, 1.807) is 6.92 Å². The molecule has 22 heavy (non-hydrogen) atoms. The molecule has 0 saturated carbocycles. The number of carbonyl (C=O) groups is 2. The van der Waals surface area contributed by atoms with Crippen LogP contribution in [-0.4, -0.2) is 38.9 Å². The lowest BCUT2D eigenvalue weighted by Gasteiger charge is -2.31. The molecule has 8 heteroatoms. The number of rotatable bonds is 4. The number of non-ortho nitro benzene ring substituents is 1. The van der Waals surface area contributed by atoms with Gasteiger partial charge in [0.1, 0.15) is 5.54 Å². The number of nitro groups is 1. The molecule has 0 aliphatic carbocycles. The molecule has 1 aliphatic rings. The van der Waals surface area contributed by atoms with Gasteiger partial charge in [-0.25, -0.2) is 4.79 Å². The van der Waals surface area contributed by atoms with Crippen LogP contribution in [0.5, 0.6) is 0 Å². The summed E-state index contributed by atoms with van der Waals surface area (Å²) >= 11 is 3.22. The Bertz CT molecular complexity index is 648. The number of amides is 1. The van der Waals surface area contributed by atoms with Gasteiger partial charge in [-0.3, -0.25) is 14.9 Å². The summed E-state index contributed by atoms with van der Waals surface area (Å²) in [7, 11) is 0. The first-order valence-corrected chi connectivity index (χ1v) is 7.51. The molecule has 0 spiro atoms. The van der Waals surface area contributed by atoms with Gasteiger partial charge in [-0.1, -0.05) is 22.0 Å². The molecule has 1 aliphatic heterocycles. The highest BCUT2D eigenvalue weighted by Crippen LogP contribution is 2.31. The summed E-state index contributed by atoms with van der Waals surface area (Å²) in [5.74, 6) is -1.31. The van der Waals surface area contributed by atoms with E-state index in [-0.39, 0.29) is 18.0 Å². The Kier molecular flexibility index (Phi) is 4.50. The highest BCUT2D eigenvalue weighted by Gasteiger charge is 2.45. The molecule has 0 bridgehead atoms. The topological polar surface area (TPSA) is 101 Å². The summed E-state index contributed by atoms with van der Waals surface area (Å²) < 4.78 is 0.464. The van der Waals surface area contributed by atoms with Crippen molar-refractivity contribution in [2.45, 2.75) is 31.7 Å². The summed E-state index contributed by atoms with van der Waals surface area (Å²) in [4.78, 5) is 35.4. The van der Waals surface area contributed by atoms with E-state index < -0.39 is 16.4 Å². The van der Waals surface area contributed by atoms with E-state index in [0.29, 0.717) is 29.4 Å². The molecule has 1 aromatic rings. The Balaban J connectivity index is 2.19. The first-order chi connectivity index (χ1) is 10.3. The second-order valence-electron chi connectivity index (χ2n) is 5.44. The third kappa shape index (κ3) is 2.96. The van der Waals surface area contributed by atoms with Gasteiger partial charge >= 0.3 is 5.97 Å². The van der Waals surface area contributed by atoms with Crippen LogP contribution in [0.15, 0.2) is 22.7 Å². The molecule has 1 aromatic carbocycles. The smallest absolute Gasteiger partial charge is 0.329 e. The number of aliphatic carboxylic acids is 1. The molecule has 1 atom stereocenters. The fourth-order valence-corrected chi connectivity index (χ4v) is 3.14. The molecule has 1 amide bonds. The summed E-state index contributed by atoms with van der Waals surface area (Å²) in [5, 5.41) is 20.0. The van der Waals surface area contributed by atoms with Crippen molar-refractivity contribution in [2.75, 3.05) is 6.54 Å². The van der Waals surface area contributed by atoms with Gasteiger partial charge in [0.25, 0.3) is 5.69 Å². The third-order valence-electron chi connectivity index (χ3n) is 3.99. The zero-order valence-electron chi connectivity index (χ0n) is 11.9. The van der Waals surface area contributed by atoms with Crippen molar-refractivity contribution in [1.29, 1.82) is 0 Å². The standard InChI is InChI=1S/C14H15BrN2O5/c1-14(13(19)20)5-2-6-16(14)12(18)7-9-3-4-10(17(21)22)8-11(9)15/h3-4,8H,2,5-7H2,1H3,(H,19,20). The van der Waals surface area contributed by atoms with Crippen LogP contribution >= 0.6 is 15.9 Å². The van der Waals surface area contributed by atoms with Gasteiger partial charge in [-0.15, -0.1) is 0 Å². The zero-order chi connectivity index (χ0) is 16.5. The van der Waals surface area contributed by atoms with Crippen LogP contribution in [0.2, 0.25) is 0 Å². The van der Waals surface area contributed by atoms with E-state index in [9.17, 15) is 24.8 Å². The fourth-order valence-electron chi connectivity index (χ4n) is 2.64. The number of carboxylic acid groups (broad SMARTS) is 1. The van der Waals surface area contributed by atoms with E-state index in [0.717, 1.165) is 0 Å². The van der Waals surface area contributed by atoms with Crippen molar-refractivity contribution in [3.05, 3.63) is 38.3 Å². The van der Waals surface area contributed by atoms with Crippen LogP contribution in [0.3, 0.4) is 0 Å². The second-order valence-corrected chi connectivity index (χ2v) is 6.29. The van der Waals surface area contributed by atoms with Gasteiger partial charge in [0.15, 0.2) is 0 Å². The van der Waals surface area contributed by atoms with Crippen LogP contribution in [0.1, 0.15) is 25.3 Å². The Morgan fingerprint density at radius 1 is 1.50 bits per heavy atom. The number of nitrogens with zero attached hydrogens (tertiary/aromatic N) is 2. The van der Waals surface area contributed by atoms with E-state index in [4.69, 9.17) is 0 Å². The van der Waals surface area contributed by atoms with E-state index >= 15 is 0 Å². The Morgan fingerprint density at radius 2 is 2.18 bits per heavy atom. The molecule has 1 saturated heterocycles. The van der Waals surface area contributed by atoms with Gasteiger partial charge in [-0.2, -0.15) is 0 Å². The molecule has 118 valence electrons. The molecule has 1 heterocycles. The molecule has 1 unspecified atom stereocenters. The predicted molar refractivity (Wildman–Crippen MR) is 81.5 cm³/mol. The van der Waals surface area contributed by atoms with Crippen molar-refractivity contribution in [3.8, 4) is 0 Å². The van der Waals surface area contributed by atoms with Crippen LogP contribution in [0.4, 0.5) is 5.69 Å². The highest BCUT2D eigenvalue weighted by atomic mass is 79.9. The summed E-state index contributed by atoms with van der Waals surface area (Å²) in [6.07, 6.45) is 1.08. The molecule has 2 rings (SSSR count). The number of benzene rings is 1. The van der Waals surface area contributed by atoms with Gasteiger partial charge in [0.2, 0.25) is 5.91 Å². The molecule has 0 aromatic heterocycles. The first kappa shape index (κ1) is 16.4. The van der Waals surface area contributed by atoms with Gasteiger partial charge in [-0.05, 0) is 25.3 Å². The molecule has 1 fully saturated rings. The van der Waals surface area contributed by atoms with E-state index in [2.05, 4.69) is 15.9 Å². The Labute approximate surface area is 135 Å². The molecule has 1 N–H and O–H groups in total. The van der Waals surface area contributed by atoms with Crippen molar-refractivity contribution in [3.63, 3.8) is 0 Å². The number of carbonyl (C=O) groups excluding carboxylic acids is 1. The summed E-state index contributed by atoms with van der Waals surface area (Å²) in [6.45, 7) is 1.96. The minimum atomic E-state index is -1.18. The summed E-state index contributed by atoms with van der Waals surface area (Å²) in [5.41, 5.74) is -0.653. The normalized spacial score (nSPS) is 20.9. The maximum atomic E-state index is 12.4. The average Bonchev–Trinajstić information content (AvgIpc) is 2.84. The maximum Gasteiger partial charge on any atom is 0.329 e. The minimum absolute atomic E-state index is 0.00144. The Morgan fingerprint density at radius 3 is 2.73 bits per heavy atom. The molecular weight excluding hydrogens is 356 g/mol. The largest absolute Gasteiger partial charge is 0.480 e. The first-order valence-electron chi connectivity index (χ1n) is 6.72. The van der Waals surface area contributed by atoms with Crippen molar-refractivity contribution >= 4 is 33.5 Å². The predicted octanol–water partition coefficient (Wildman–Crippen LogP) is 2.37. The third-order valence-corrected chi connectivity index (χ3v) is 4.73. The molecule has 0 radical (unpaired) electrons. The van der Waals surface area contributed by atoms with Crippen LogP contribution in [-0.2, 0) is 16.0 Å². The van der Waals surface area contributed by atoms with E-state index in [1.165, 1.54) is 23.1 Å².